The molecule has 2 atom stereocenters. The van der Waals surface area contributed by atoms with Gasteiger partial charge in [0.05, 0.1) is 0 Å². The SMILES string of the molecule is C#CCC(C)N1C(=O)NC(=O)C(c2cccc(Cl)c2)C1=O. The standard InChI is InChI=1S/C15H13ClN2O3/c1-3-5-9(2)18-14(20)12(13(19)17-15(18)21)10-6-4-7-11(16)8-10/h1,4,6-9,12H,5H2,2H3,(H,17,19,21). The van der Waals surface area contributed by atoms with E-state index in [1.807, 2.05) is 0 Å². The van der Waals surface area contributed by atoms with Crippen LogP contribution in [0.25, 0.3) is 0 Å². The summed E-state index contributed by atoms with van der Waals surface area (Å²) in [6.45, 7) is 1.65. The van der Waals surface area contributed by atoms with Gasteiger partial charge in [0, 0.05) is 17.5 Å². The zero-order valence-electron chi connectivity index (χ0n) is 11.3. The molecule has 1 aromatic rings. The van der Waals surface area contributed by atoms with E-state index in [0.29, 0.717) is 10.6 Å². The Hall–Kier alpha value is -2.32. The zero-order chi connectivity index (χ0) is 15.6. The number of urea groups is 1. The van der Waals surface area contributed by atoms with Crippen molar-refractivity contribution >= 4 is 29.4 Å². The highest BCUT2D eigenvalue weighted by Gasteiger charge is 2.43. The fourth-order valence-electron chi connectivity index (χ4n) is 2.25. The molecule has 1 aromatic carbocycles. The minimum absolute atomic E-state index is 0.218. The average Bonchev–Trinajstić information content (AvgIpc) is 2.38. The summed E-state index contributed by atoms with van der Waals surface area (Å²) >= 11 is 5.89. The number of carbonyl (C=O) groups is 3. The van der Waals surface area contributed by atoms with Crippen LogP contribution in [-0.4, -0.2) is 28.8 Å². The lowest BCUT2D eigenvalue weighted by atomic mass is 9.94. The molecule has 6 heteroatoms. The van der Waals surface area contributed by atoms with Gasteiger partial charge >= 0.3 is 6.03 Å². The number of hydrogen-bond acceptors (Lipinski definition) is 3. The van der Waals surface area contributed by atoms with Gasteiger partial charge in [0.25, 0.3) is 0 Å². The van der Waals surface area contributed by atoms with Crippen LogP contribution in [0.15, 0.2) is 24.3 Å². The first-order chi connectivity index (χ1) is 9.95. The number of barbiturate groups is 1. The van der Waals surface area contributed by atoms with E-state index < -0.39 is 29.8 Å². The first kappa shape index (κ1) is 15.1. The average molecular weight is 305 g/mol. The molecule has 0 aromatic heterocycles. The van der Waals surface area contributed by atoms with Crippen molar-refractivity contribution in [3.8, 4) is 12.3 Å². The van der Waals surface area contributed by atoms with Gasteiger partial charge in [0.1, 0.15) is 5.92 Å². The Labute approximate surface area is 127 Å². The van der Waals surface area contributed by atoms with Gasteiger partial charge in [-0.25, -0.2) is 4.79 Å². The Morgan fingerprint density at radius 2 is 2.14 bits per heavy atom. The number of halogens is 1. The third kappa shape index (κ3) is 2.91. The molecule has 1 N–H and O–H groups in total. The lowest BCUT2D eigenvalue weighted by molar-refractivity contribution is -0.139. The van der Waals surface area contributed by atoms with Crippen molar-refractivity contribution in [1.82, 2.24) is 10.2 Å². The molecule has 2 unspecified atom stereocenters. The van der Waals surface area contributed by atoms with Gasteiger partial charge in [-0.3, -0.25) is 19.8 Å². The van der Waals surface area contributed by atoms with Crippen LogP contribution < -0.4 is 5.32 Å². The van der Waals surface area contributed by atoms with Crippen LogP contribution in [0, 0.1) is 12.3 Å². The molecular formula is C15H13ClN2O3. The smallest absolute Gasteiger partial charge is 0.277 e. The Kier molecular flexibility index (Phi) is 4.29. The molecule has 1 saturated heterocycles. The summed E-state index contributed by atoms with van der Waals surface area (Å²) in [5, 5.41) is 2.59. The zero-order valence-corrected chi connectivity index (χ0v) is 12.1. The molecule has 1 aliphatic rings. The monoisotopic (exact) mass is 304 g/mol. The molecule has 0 bridgehead atoms. The second kappa shape index (κ2) is 5.98. The van der Waals surface area contributed by atoms with E-state index in [2.05, 4.69) is 11.2 Å². The third-order valence-corrected chi connectivity index (χ3v) is 3.47. The van der Waals surface area contributed by atoms with Gasteiger partial charge in [-0.15, -0.1) is 12.3 Å². The Morgan fingerprint density at radius 3 is 2.76 bits per heavy atom. The van der Waals surface area contributed by atoms with Crippen LogP contribution in [0.1, 0.15) is 24.8 Å². The van der Waals surface area contributed by atoms with E-state index in [0.717, 1.165) is 4.90 Å². The van der Waals surface area contributed by atoms with Gasteiger partial charge in [0.15, 0.2) is 0 Å². The minimum Gasteiger partial charge on any atom is -0.277 e. The van der Waals surface area contributed by atoms with Crippen molar-refractivity contribution in [3.63, 3.8) is 0 Å². The number of hydrogen-bond donors (Lipinski definition) is 1. The molecule has 0 aliphatic carbocycles. The molecule has 0 spiro atoms. The van der Waals surface area contributed by atoms with Crippen molar-refractivity contribution in [2.75, 3.05) is 0 Å². The summed E-state index contributed by atoms with van der Waals surface area (Å²) in [4.78, 5) is 37.3. The molecule has 0 radical (unpaired) electrons. The largest absolute Gasteiger partial charge is 0.331 e. The number of amides is 4. The summed E-state index contributed by atoms with van der Waals surface area (Å²) in [5.41, 5.74) is 0.440. The normalized spacial score (nSPS) is 20.0. The van der Waals surface area contributed by atoms with Gasteiger partial charge in [-0.2, -0.15) is 0 Å². The topological polar surface area (TPSA) is 66.5 Å². The number of benzene rings is 1. The summed E-state index contributed by atoms with van der Waals surface area (Å²) in [6, 6.07) is 5.20. The molecule has 1 heterocycles. The van der Waals surface area contributed by atoms with Crippen LogP contribution in [0.4, 0.5) is 4.79 Å². The molecule has 21 heavy (non-hydrogen) atoms. The number of nitrogens with one attached hydrogen (secondary N) is 1. The number of rotatable bonds is 3. The predicted octanol–water partition coefficient (Wildman–Crippen LogP) is 1.91. The second-order valence-corrected chi connectivity index (χ2v) is 5.18. The van der Waals surface area contributed by atoms with Crippen molar-refractivity contribution in [2.45, 2.75) is 25.3 Å². The van der Waals surface area contributed by atoms with Gasteiger partial charge in [0.2, 0.25) is 11.8 Å². The van der Waals surface area contributed by atoms with Crippen molar-refractivity contribution < 1.29 is 14.4 Å². The number of carbonyl (C=O) groups excluding carboxylic acids is 3. The van der Waals surface area contributed by atoms with Gasteiger partial charge < -0.3 is 0 Å². The van der Waals surface area contributed by atoms with Crippen molar-refractivity contribution in [1.29, 1.82) is 0 Å². The molecule has 108 valence electrons. The van der Waals surface area contributed by atoms with E-state index in [9.17, 15) is 14.4 Å². The number of terminal acetylenes is 1. The summed E-state index contributed by atoms with van der Waals surface area (Å²) in [5.74, 6) is 0.0600. The predicted molar refractivity (Wildman–Crippen MR) is 77.5 cm³/mol. The number of imide groups is 2. The van der Waals surface area contributed by atoms with Crippen LogP contribution in [-0.2, 0) is 9.59 Å². The lowest BCUT2D eigenvalue weighted by Crippen LogP contribution is -2.59. The van der Waals surface area contributed by atoms with Crippen LogP contribution in [0.2, 0.25) is 5.02 Å². The Balaban J connectivity index is 2.38. The molecule has 4 amide bonds. The first-order valence-electron chi connectivity index (χ1n) is 6.32. The quantitative estimate of drug-likeness (QED) is 0.685. The number of nitrogens with zero attached hydrogens (tertiary/aromatic N) is 1. The van der Waals surface area contributed by atoms with E-state index in [1.54, 1.807) is 25.1 Å². The van der Waals surface area contributed by atoms with E-state index in [1.165, 1.54) is 6.07 Å². The maximum atomic E-state index is 12.5. The maximum Gasteiger partial charge on any atom is 0.331 e. The van der Waals surface area contributed by atoms with E-state index in [-0.39, 0.29) is 6.42 Å². The summed E-state index contributed by atoms with van der Waals surface area (Å²) in [6.07, 6.45) is 5.43. The molecule has 0 saturated carbocycles. The maximum absolute atomic E-state index is 12.5. The minimum atomic E-state index is -1.10. The van der Waals surface area contributed by atoms with Crippen molar-refractivity contribution in [2.24, 2.45) is 0 Å². The highest BCUT2D eigenvalue weighted by molar-refractivity contribution is 6.30. The van der Waals surface area contributed by atoms with E-state index >= 15 is 0 Å². The highest BCUT2D eigenvalue weighted by atomic mass is 35.5. The molecule has 5 nitrogen and oxygen atoms in total. The lowest BCUT2D eigenvalue weighted by Gasteiger charge is -2.33. The van der Waals surface area contributed by atoms with Crippen LogP contribution in [0.5, 0.6) is 0 Å². The fourth-order valence-corrected chi connectivity index (χ4v) is 2.45. The molecule has 1 fully saturated rings. The molecule has 1 aliphatic heterocycles. The second-order valence-electron chi connectivity index (χ2n) is 4.75. The summed E-state index contributed by atoms with van der Waals surface area (Å²) < 4.78 is 0. The fraction of sp³-hybridized carbons (Fsp3) is 0.267. The van der Waals surface area contributed by atoms with Gasteiger partial charge in [-0.1, -0.05) is 23.7 Å². The van der Waals surface area contributed by atoms with Gasteiger partial charge in [-0.05, 0) is 24.6 Å². The first-order valence-corrected chi connectivity index (χ1v) is 6.70. The molecule has 2 rings (SSSR count). The Bertz CT molecular complexity index is 651. The van der Waals surface area contributed by atoms with Crippen molar-refractivity contribution in [3.05, 3.63) is 34.9 Å². The summed E-state index contributed by atoms with van der Waals surface area (Å²) in [7, 11) is 0. The van der Waals surface area contributed by atoms with Crippen LogP contribution in [0.3, 0.4) is 0 Å². The highest BCUT2D eigenvalue weighted by Crippen LogP contribution is 2.26. The Morgan fingerprint density at radius 1 is 1.43 bits per heavy atom. The molecular weight excluding hydrogens is 292 g/mol. The van der Waals surface area contributed by atoms with Crippen LogP contribution >= 0.6 is 11.6 Å². The van der Waals surface area contributed by atoms with E-state index in [4.69, 9.17) is 18.0 Å². The third-order valence-electron chi connectivity index (χ3n) is 3.23.